The first-order chi connectivity index (χ1) is 9.63. The molecule has 104 valence electrons. The minimum atomic E-state index is -3.68. The summed E-state index contributed by atoms with van der Waals surface area (Å²) in [5.74, 6) is 0.613. The minimum Gasteiger partial charge on any atom is -0.493 e. The van der Waals surface area contributed by atoms with E-state index in [4.69, 9.17) is 4.74 Å². The molecule has 0 unspecified atom stereocenters. The molecule has 0 fully saturated rings. The number of hydrogen-bond donors (Lipinski definition) is 0. The number of para-hydroxylation sites is 1. The van der Waals surface area contributed by atoms with E-state index < -0.39 is 10.0 Å². The summed E-state index contributed by atoms with van der Waals surface area (Å²) in [7, 11) is -3.68. The van der Waals surface area contributed by atoms with Gasteiger partial charge in [-0.3, -0.25) is 0 Å². The molecule has 0 spiro atoms. The van der Waals surface area contributed by atoms with Crippen LogP contribution in [0.25, 0.3) is 0 Å². The van der Waals surface area contributed by atoms with Crippen molar-refractivity contribution in [3.8, 4) is 5.75 Å². The van der Waals surface area contributed by atoms with E-state index >= 15 is 0 Å². The van der Waals surface area contributed by atoms with Gasteiger partial charge in [0.2, 0.25) is 0 Å². The lowest BCUT2D eigenvalue weighted by Gasteiger charge is -2.05. The summed E-state index contributed by atoms with van der Waals surface area (Å²) >= 11 is 0. The van der Waals surface area contributed by atoms with Crippen molar-refractivity contribution >= 4 is 16.2 Å². The number of sulfonamides is 1. The fourth-order valence-corrected chi connectivity index (χ4v) is 2.53. The van der Waals surface area contributed by atoms with E-state index in [0.29, 0.717) is 17.9 Å². The third-order valence-corrected chi connectivity index (χ3v) is 3.84. The van der Waals surface area contributed by atoms with Crippen LogP contribution >= 0.6 is 0 Å². The van der Waals surface area contributed by atoms with E-state index in [1.807, 2.05) is 13.0 Å². The lowest BCUT2D eigenvalue weighted by atomic mass is 10.2. The van der Waals surface area contributed by atoms with Crippen LogP contribution in [-0.2, 0) is 10.0 Å². The Morgan fingerprint density at radius 3 is 2.40 bits per heavy atom. The third kappa shape index (κ3) is 3.45. The van der Waals surface area contributed by atoms with Crippen LogP contribution in [0.5, 0.6) is 5.75 Å². The molecule has 0 heterocycles. The van der Waals surface area contributed by atoms with Gasteiger partial charge in [0, 0.05) is 5.56 Å². The van der Waals surface area contributed by atoms with Crippen LogP contribution in [0.4, 0.5) is 0 Å². The maximum atomic E-state index is 12.0. The van der Waals surface area contributed by atoms with Gasteiger partial charge in [-0.2, -0.15) is 12.8 Å². The second-order valence-corrected chi connectivity index (χ2v) is 5.63. The van der Waals surface area contributed by atoms with Gasteiger partial charge in [-0.15, -0.1) is 0 Å². The molecule has 2 rings (SSSR count). The van der Waals surface area contributed by atoms with Crippen molar-refractivity contribution in [3.05, 3.63) is 60.2 Å². The largest absolute Gasteiger partial charge is 0.493 e. The Bertz CT molecular complexity index is 694. The summed E-state index contributed by atoms with van der Waals surface area (Å²) in [6, 6.07) is 15.3. The molecule has 20 heavy (non-hydrogen) atoms. The van der Waals surface area contributed by atoms with Crippen molar-refractivity contribution in [1.29, 1.82) is 0 Å². The highest BCUT2D eigenvalue weighted by molar-refractivity contribution is 7.90. The molecule has 0 bridgehead atoms. The zero-order valence-electron chi connectivity index (χ0n) is 11.1. The monoisotopic (exact) mass is 289 g/mol. The van der Waals surface area contributed by atoms with Gasteiger partial charge in [0.05, 0.1) is 17.7 Å². The Kier molecular flexibility index (Phi) is 4.53. The van der Waals surface area contributed by atoms with Crippen LogP contribution in [0.2, 0.25) is 0 Å². The second-order valence-electron chi connectivity index (χ2n) is 3.99. The first-order valence-electron chi connectivity index (χ1n) is 6.20. The lowest BCUT2D eigenvalue weighted by Crippen LogP contribution is -1.99. The fourth-order valence-electron chi connectivity index (χ4n) is 1.65. The summed E-state index contributed by atoms with van der Waals surface area (Å²) in [6.07, 6.45) is 1.31. The van der Waals surface area contributed by atoms with Gasteiger partial charge in [0.15, 0.2) is 0 Å². The molecule has 0 aliphatic rings. The van der Waals surface area contributed by atoms with Crippen LogP contribution < -0.4 is 4.74 Å². The van der Waals surface area contributed by atoms with Crippen molar-refractivity contribution in [2.45, 2.75) is 11.8 Å². The van der Waals surface area contributed by atoms with Gasteiger partial charge in [-0.1, -0.05) is 30.3 Å². The quantitative estimate of drug-likeness (QED) is 0.795. The molecule has 0 N–H and O–H groups in total. The van der Waals surface area contributed by atoms with Crippen molar-refractivity contribution in [3.63, 3.8) is 0 Å². The van der Waals surface area contributed by atoms with Crippen LogP contribution in [-0.4, -0.2) is 21.2 Å². The summed E-state index contributed by atoms with van der Waals surface area (Å²) < 4.78 is 33.2. The summed E-state index contributed by atoms with van der Waals surface area (Å²) in [5.41, 5.74) is 0.633. The van der Waals surface area contributed by atoms with Crippen LogP contribution in [0.15, 0.2) is 63.9 Å². The van der Waals surface area contributed by atoms with Crippen molar-refractivity contribution in [1.82, 2.24) is 0 Å². The van der Waals surface area contributed by atoms with E-state index in [1.165, 1.54) is 18.3 Å². The molecule has 4 nitrogen and oxygen atoms in total. The maximum absolute atomic E-state index is 12.0. The average Bonchev–Trinajstić information content (AvgIpc) is 2.48. The fraction of sp³-hybridized carbons (Fsp3) is 0.133. The van der Waals surface area contributed by atoms with E-state index in [9.17, 15) is 8.42 Å². The lowest BCUT2D eigenvalue weighted by molar-refractivity contribution is 0.340. The van der Waals surface area contributed by atoms with E-state index in [-0.39, 0.29) is 4.90 Å². The van der Waals surface area contributed by atoms with E-state index in [2.05, 4.69) is 4.40 Å². The Morgan fingerprint density at radius 1 is 1.05 bits per heavy atom. The molecule has 0 aliphatic heterocycles. The summed E-state index contributed by atoms with van der Waals surface area (Å²) in [5, 5.41) is 0. The molecule has 0 saturated carbocycles. The van der Waals surface area contributed by atoms with E-state index in [0.717, 1.165) is 0 Å². The smallest absolute Gasteiger partial charge is 0.282 e. The number of ether oxygens (including phenoxy) is 1. The number of nitrogens with zero attached hydrogens (tertiary/aromatic N) is 1. The van der Waals surface area contributed by atoms with Gasteiger partial charge in [0.1, 0.15) is 5.75 Å². The van der Waals surface area contributed by atoms with Gasteiger partial charge in [-0.25, -0.2) is 0 Å². The molecular weight excluding hydrogens is 274 g/mol. The van der Waals surface area contributed by atoms with Gasteiger partial charge in [-0.05, 0) is 31.2 Å². The number of rotatable bonds is 5. The highest BCUT2D eigenvalue weighted by Crippen LogP contribution is 2.17. The predicted molar refractivity (Wildman–Crippen MR) is 78.8 cm³/mol. The Balaban J connectivity index is 2.30. The predicted octanol–water partition coefficient (Wildman–Crippen LogP) is 2.89. The molecular formula is C15H15NO3S. The van der Waals surface area contributed by atoms with Crippen LogP contribution in [0.1, 0.15) is 12.5 Å². The Hall–Kier alpha value is -2.14. The molecule has 2 aromatic carbocycles. The van der Waals surface area contributed by atoms with Crippen molar-refractivity contribution in [2.24, 2.45) is 4.40 Å². The summed E-state index contributed by atoms with van der Waals surface area (Å²) in [6.45, 7) is 2.38. The topological polar surface area (TPSA) is 55.7 Å². The minimum absolute atomic E-state index is 0.171. The number of hydrogen-bond acceptors (Lipinski definition) is 3. The molecule has 0 radical (unpaired) electrons. The van der Waals surface area contributed by atoms with Crippen molar-refractivity contribution < 1.29 is 13.2 Å². The molecule has 0 amide bonds. The van der Waals surface area contributed by atoms with E-state index in [1.54, 1.807) is 36.4 Å². The normalized spacial score (nSPS) is 11.7. The zero-order chi connectivity index (χ0) is 14.4. The van der Waals surface area contributed by atoms with Gasteiger partial charge in [0.25, 0.3) is 10.0 Å². The molecule has 5 heteroatoms. The molecule has 0 aliphatic carbocycles. The zero-order valence-corrected chi connectivity index (χ0v) is 11.9. The van der Waals surface area contributed by atoms with Gasteiger partial charge < -0.3 is 4.74 Å². The van der Waals surface area contributed by atoms with Crippen molar-refractivity contribution in [2.75, 3.05) is 6.61 Å². The molecule has 0 atom stereocenters. The second kappa shape index (κ2) is 6.34. The van der Waals surface area contributed by atoms with Crippen LogP contribution in [0, 0.1) is 0 Å². The maximum Gasteiger partial charge on any atom is 0.282 e. The summed E-state index contributed by atoms with van der Waals surface area (Å²) in [4.78, 5) is 0.171. The Morgan fingerprint density at radius 2 is 1.70 bits per heavy atom. The first-order valence-corrected chi connectivity index (χ1v) is 7.64. The first kappa shape index (κ1) is 14.3. The highest BCUT2D eigenvalue weighted by atomic mass is 32.2. The number of benzene rings is 2. The average molecular weight is 289 g/mol. The van der Waals surface area contributed by atoms with Gasteiger partial charge >= 0.3 is 0 Å². The SMILES string of the molecule is CCOc1ccccc1/C=N\S(=O)(=O)c1ccccc1. The standard InChI is InChI=1S/C15H15NO3S/c1-2-19-15-11-7-6-8-13(15)12-16-20(17,18)14-9-4-3-5-10-14/h3-12H,2H2,1H3/b16-12-. The highest BCUT2D eigenvalue weighted by Gasteiger charge is 2.10. The Labute approximate surface area is 118 Å². The molecule has 0 saturated heterocycles. The van der Waals surface area contributed by atoms with Crippen LogP contribution in [0.3, 0.4) is 0 Å². The molecule has 2 aromatic rings. The third-order valence-electron chi connectivity index (χ3n) is 2.59. The molecule has 0 aromatic heterocycles.